The van der Waals surface area contributed by atoms with Gasteiger partial charge in [-0.15, -0.1) is 0 Å². The van der Waals surface area contributed by atoms with E-state index in [1.54, 1.807) is 12.1 Å². The number of nitrogens with one attached hydrogen (secondary N) is 1. The van der Waals surface area contributed by atoms with Crippen LogP contribution in [0, 0.1) is 5.82 Å². The Balaban J connectivity index is 2.03. The minimum Gasteiger partial charge on any atom is -0.370 e. The lowest BCUT2D eigenvalue weighted by Crippen LogP contribution is -2.07. The molecule has 1 aromatic carbocycles. The summed E-state index contributed by atoms with van der Waals surface area (Å²) in [6.45, 7) is 3.13. The Morgan fingerprint density at radius 2 is 2.10 bits per heavy atom. The summed E-state index contributed by atoms with van der Waals surface area (Å²) in [5.41, 5.74) is 2.50. The Morgan fingerprint density at radius 3 is 2.80 bits per heavy atom. The number of halogens is 2. The van der Waals surface area contributed by atoms with Crippen molar-refractivity contribution in [2.75, 3.05) is 11.9 Å². The molecule has 0 amide bonds. The molecule has 0 bridgehead atoms. The van der Waals surface area contributed by atoms with Crippen LogP contribution in [0.15, 0.2) is 24.3 Å². The summed E-state index contributed by atoms with van der Waals surface area (Å²) in [6.07, 6.45) is -0.330. The predicted molar refractivity (Wildman–Crippen MR) is 74.2 cm³/mol. The van der Waals surface area contributed by atoms with E-state index in [0.717, 1.165) is 23.4 Å². The van der Waals surface area contributed by atoms with Crippen LogP contribution in [0.4, 0.5) is 10.2 Å². The van der Waals surface area contributed by atoms with Gasteiger partial charge in [0.05, 0.1) is 12.3 Å². The fourth-order valence-electron chi connectivity index (χ4n) is 2.28. The smallest absolute Gasteiger partial charge is 0.224 e. The Kier molecular flexibility index (Phi) is 3.54. The van der Waals surface area contributed by atoms with Crippen LogP contribution in [-0.4, -0.2) is 16.5 Å². The van der Waals surface area contributed by atoms with Crippen LogP contribution in [0.5, 0.6) is 0 Å². The summed E-state index contributed by atoms with van der Waals surface area (Å²) < 4.78 is 18.8. The summed E-state index contributed by atoms with van der Waals surface area (Å²) in [7, 11) is 0. The lowest BCUT2D eigenvalue weighted by atomic mass is 10.0. The van der Waals surface area contributed by atoms with Crippen molar-refractivity contribution in [1.82, 2.24) is 9.97 Å². The number of fused-ring (bicyclic) bond motifs is 1. The van der Waals surface area contributed by atoms with Crippen molar-refractivity contribution in [2.24, 2.45) is 0 Å². The monoisotopic (exact) mass is 293 g/mol. The highest BCUT2D eigenvalue weighted by molar-refractivity contribution is 6.28. The van der Waals surface area contributed by atoms with Gasteiger partial charge >= 0.3 is 0 Å². The fraction of sp³-hybridized carbons (Fsp3) is 0.286. The van der Waals surface area contributed by atoms with E-state index in [9.17, 15) is 4.39 Å². The normalized spacial score (nSPS) is 17.1. The van der Waals surface area contributed by atoms with Crippen molar-refractivity contribution in [1.29, 1.82) is 0 Å². The average Bonchev–Trinajstić information content (AvgIpc) is 2.84. The third-order valence-electron chi connectivity index (χ3n) is 3.17. The van der Waals surface area contributed by atoms with Gasteiger partial charge in [0.15, 0.2) is 0 Å². The van der Waals surface area contributed by atoms with Gasteiger partial charge in [0.2, 0.25) is 5.28 Å². The molecule has 1 aromatic heterocycles. The molecule has 1 N–H and O–H groups in total. The van der Waals surface area contributed by atoms with Gasteiger partial charge < -0.3 is 10.1 Å². The number of ether oxygens (including phenoxy) is 1. The quantitative estimate of drug-likeness (QED) is 0.882. The Labute approximate surface area is 121 Å². The second-order valence-electron chi connectivity index (χ2n) is 4.48. The molecular formula is C14H13ClFN3O. The maximum Gasteiger partial charge on any atom is 0.224 e. The van der Waals surface area contributed by atoms with Gasteiger partial charge in [-0.3, -0.25) is 0 Å². The molecule has 104 valence electrons. The first kappa shape index (κ1) is 13.3. The van der Waals surface area contributed by atoms with E-state index in [1.807, 2.05) is 6.92 Å². The lowest BCUT2D eigenvalue weighted by Gasteiger charge is -2.11. The van der Waals surface area contributed by atoms with Gasteiger partial charge in [-0.25, -0.2) is 14.4 Å². The number of benzene rings is 1. The number of hydrogen-bond donors (Lipinski definition) is 1. The van der Waals surface area contributed by atoms with E-state index in [4.69, 9.17) is 16.3 Å². The fourth-order valence-corrected chi connectivity index (χ4v) is 2.46. The van der Waals surface area contributed by atoms with Crippen molar-refractivity contribution >= 4 is 17.4 Å². The largest absolute Gasteiger partial charge is 0.370 e. The zero-order valence-corrected chi connectivity index (χ0v) is 11.6. The van der Waals surface area contributed by atoms with Gasteiger partial charge in [-0.2, -0.15) is 0 Å². The van der Waals surface area contributed by atoms with Gasteiger partial charge in [-0.1, -0.05) is 12.1 Å². The van der Waals surface area contributed by atoms with Gasteiger partial charge in [0, 0.05) is 12.1 Å². The second-order valence-corrected chi connectivity index (χ2v) is 4.82. The Morgan fingerprint density at radius 1 is 1.35 bits per heavy atom. The molecule has 1 atom stereocenters. The summed E-state index contributed by atoms with van der Waals surface area (Å²) in [5, 5.41) is 3.33. The van der Waals surface area contributed by atoms with Crippen molar-refractivity contribution in [2.45, 2.75) is 19.6 Å². The molecule has 0 saturated heterocycles. The molecule has 1 unspecified atom stereocenters. The van der Waals surface area contributed by atoms with Crippen LogP contribution in [0.3, 0.4) is 0 Å². The first-order valence-electron chi connectivity index (χ1n) is 6.36. The first-order valence-corrected chi connectivity index (χ1v) is 6.74. The lowest BCUT2D eigenvalue weighted by molar-refractivity contribution is 0.0924. The SMILES string of the molecule is CCNc1nc(Cl)nc2c1COC2c1ccc(F)cc1. The highest BCUT2D eigenvalue weighted by atomic mass is 35.5. The average molecular weight is 294 g/mol. The van der Waals surface area contributed by atoms with E-state index in [0.29, 0.717) is 12.4 Å². The van der Waals surface area contributed by atoms with Crippen molar-refractivity contribution in [3.05, 3.63) is 52.2 Å². The van der Waals surface area contributed by atoms with Crippen LogP contribution < -0.4 is 5.32 Å². The van der Waals surface area contributed by atoms with E-state index in [2.05, 4.69) is 15.3 Å². The van der Waals surface area contributed by atoms with E-state index < -0.39 is 0 Å². The van der Waals surface area contributed by atoms with Crippen LogP contribution in [0.25, 0.3) is 0 Å². The predicted octanol–water partition coefficient (Wildman–Crippen LogP) is 3.32. The summed E-state index contributed by atoms with van der Waals surface area (Å²) in [4.78, 5) is 8.45. The second kappa shape index (κ2) is 5.34. The third-order valence-corrected chi connectivity index (χ3v) is 3.34. The van der Waals surface area contributed by atoms with Crippen LogP contribution in [0.1, 0.15) is 29.8 Å². The molecule has 0 fully saturated rings. The Bertz CT molecular complexity index is 633. The number of rotatable bonds is 3. The number of hydrogen-bond acceptors (Lipinski definition) is 4. The molecular weight excluding hydrogens is 281 g/mol. The zero-order chi connectivity index (χ0) is 14.1. The van der Waals surface area contributed by atoms with Gasteiger partial charge in [-0.05, 0) is 36.2 Å². The van der Waals surface area contributed by atoms with Gasteiger partial charge in [0.25, 0.3) is 0 Å². The number of aromatic nitrogens is 2. The third kappa shape index (κ3) is 2.34. The summed E-state index contributed by atoms with van der Waals surface area (Å²) in [6, 6.07) is 6.20. The molecule has 4 nitrogen and oxygen atoms in total. The van der Waals surface area contributed by atoms with Gasteiger partial charge in [0.1, 0.15) is 17.7 Å². The standard InChI is InChI=1S/C14H13ClFN3O/c1-2-17-13-10-7-20-12(11(10)18-14(15)19-13)8-3-5-9(16)6-4-8/h3-6,12H,2,7H2,1H3,(H,17,18,19). The molecule has 2 aromatic rings. The van der Waals surface area contributed by atoms with Crippen LogP contribution >= 0.6 is 11.6 Å². The maximum atomic E-state index is 13.0. The first-order chi connectivity index (χ1) is 9.69. The molecule has 20 heavy (non-hydrogen) atoms. The minimum absolute atomic E-state index is 0.178. The molecule has 0 radical (unpaired) electrons. The van der Waals surface area contributed by atoms with Crippen LogP contribution in [-0.2, 0) is 11.3 Å². The zero-order valence-electron chi connectivity index (χ0n) is 10.9. The molecule has 3 rings (SSSR count). The van der Waals surface area contributed by atoms with Crippen LogP contribution in [0.2, 0.25) is 5.28 Å². The van der Waals surface area contributed by atoms with E-state index in [1.165, 1.54) is 12.1 Å². The van der Waals surface area contributed by atoms with Crippen molar-refractivity contribution in [3.8, 4) is 0 Å². The van der Waals surface area contributed by atoms with Crippen molar-refractivity contribution in [3.63, 3.8) is 0 Å². The minimum atomic E-state index is -0.330. The maximum absolute atomic E-state index is 13.0. The molecule has 6 heteroatoms. The number of anilines is 1. The summed E-state index contributed by atoms with van der Waals surface area (Å²) in [5.74, 6) is 0.424. The topological polar surface area (TPSA) is 47.0 Å². The molecule has 2 heterocycles. The number of nitrogens with zero attached hydrogens (tertiary/aromatic N) is 2. The molecule has 1 aliphatic rings. The van der Waals surface area contributed by atoms with Crippen molar-refractivity contribution < 1.29 is 9.13 Å². The summed E-state index contributed by atoms with van der Waals surface area (Å²) >= 11 is 5.96. The molecule has 0 saturated carbocycles. The highest BCUT2D eigenvalue weighted by Crippen LogP contribution is 2.37. The molecule has 0 spiro atoms. The van der Waals surface area contributed by atoms with E-state index >= 15 is 0 Å². The Hall–Kier alpha value is -1.72. The molecule has 1 aliphatic heterocycles. The van der Waals surface area contributed by atoms with E-state index in [-0.39, 0.29) is 17.2 Å². The molecule has 0 aliphatic carbocycles. The highest BCUT2D eigenvalue weighted by Gasteiger charge is 2.30.